The average molecular weight is 300 g/mol. The van der Waals surface area contributed by atoms with E-state index in [4.69, 9.17) is 0 Å². The van der Waals surface area contributed by atoms with Gasteiger partial charge in [-0.25, -0.2) is 0 Å². The van der Waals surface area contributed by atoms with Gasteiger partial charge in [-0.3, -0.25) is 9.59 Å². The van der Waals surface area contributed by atoms with Gasteiger partial charge in [-0.15, -0.1) is 0 Å². The molecule has 0 radical (unpaired) electrons. The van der Waals surface area contributed by atoms with Gasteiger partial charge in [0.25, 0.3) is 0 Å². The molecule has 1 saturated carbocycles. The van der Waals surface area contributed by atoms with E-state index < -0.39 is 0 Å². The maximum absolute atomic E-state index is 12.6. The first-order chi connectivity index (χ1) is 10.7. The highest BCUT2D eigenvalue weighted by molar-refractivity contribution is 5.89. The van der Waals surface area contributed by atoms with Gasteiger partial charge in [-0.1, -0.05) is 43.7 Å². The minimum Gasteiger partial charge on any atom is -0.339 e. The molecular weight excluding hydrogens is 276 g/mol. The molecule has 0 aromatic heterocycles. The van der Waals surface area contributed by atoms with Gasteiger partial charge >= 0.3 is 0 Å². The van der Waals surface area contributed by atoms with E-state index in [0.717, 1.165) is 25.8 Å². The van der Waals surface area contributed by atoms with Crippen LogP contribution in [0.1, 0.15) is 37.7 Å². The fourth-order valence-electron chi connectivity index (χ4n) is 3.25. The van der Waals surface area contributed by atoms with Crippen molar-refractivity contribution in [3.8, 4) is 0 Å². The second-order valence-electron chi connectivity index (χ2n) is 6.35. The van der Waals surface area contributed by atoms with Gasteiger partial charge in [0.15, 0.2) is 0 Å². The predicted molar refractivity (Wildman–Crippen MR) is 85.4 cm³/mol. The largest absolute Gasteiger partial charge is 0.339 e. The number of carbonyl (C=O) groups excluding carboxylic acids is 2. The van der Waals surface area contributed by atoms with Crippen molar-refractivity contribution >= 4 is 11.8 Å². The Balaban J connectivity index is 1.54. The first-order valence-electron chi connectivity index (χ1n) is 8.32. The quantitative estimate of drug-likeness (QED) is 0.837. The lowest BCUT2D eigenvalue weighted by Crippen LogP contribution is -2.52. The molecule has 4 nitrogen and oxygen atoms in total. The van der Waals surface area contributed by atoms with Crippen LogP contribution >= 0.6 is 0 Å². The summed E-state index contributed by atoms with van der Waals surface area (Å²) in [5.41, 5.74) is 1.24. The summed E-state index contributed by atoms with van der Waals surface area (Å²) in [7, 11) is 0. The molecule has 2 amide bonds. The minimum absolute atomic E-state index is 0.0809. The molecule has 2 fully saturated rings. The molecule has 3 rings (SSSR count). The standard InChI is InChI=1S/C18H24N2O2/c1-2-3-9-19-10-11-20(13-17(19)21)18(22)16-12-15(16)14-7-5-4-6-8-14/h4-8,15-16H,2-3,9-13H2,1H3/t15-,16+/m0/s1. The fourth-order valence-corrected chi connectivity index (χ4v) is 3.25. The van der Waals surface area contributed by atoms with Crippen molar-refractivity contribution in [2.75, 3.05) is 26.2 Å². The molecule has 0 unspecified atom stereocenters. The zero-order valence-electron chi connectivity index (χ0n) is 13.2. The number of piperazine rings is 1. The third kappa shape index (κ3) is 3.16. The summed E-state index contributed by atoms with van der Waals surface area (Å²) in [6, 6.07) is 10.2. The van der Waals surface area contributed by atoms with E-state index in [0.29, 0.717) is 19.0 Å². The number of unbranched alkanes of at least 4 members (excludes halogenated alkanes) is 1. The monoisotopic (exact) mass is 300 g/mol. The van der Waals surface area contributed by atoms with Crippen LogP contribution in [0.5, 0.6) is 0 Å². The normalized spacial score (nSPS) is 24.5. The zero-order valence-corrected chi connectivity index (χ0v) is 13.2. The first-order valence-corrected chi connectivity index (χ1v) is 8.32. The van der Waals surface area contributed by atoms with Crippen molar-refractivity contribution < 1.29 is 9.59 Å². The van der Waals surface area contributed by atoms with Gasteiger partial charge in [0.05, 0.1) is 6.54 Å². The lowest BCUT2D eigenvalue weighted by atomic mass is 10.1. The van der Waals surface area contributed by atoms with E-state index in [1.165, 1.54) is 5.56 Å². The molecule has 1 saturated heterocycles. The van der Waals surface area contributed by atoms with Crippen molar-refractivity contribution in [2.24, 2.45) is 5.92 Å². The Labute approximate surface area is 132 Å². The van der Waals surface area contributed by atoms with Crippen LogP contribution in [0.25, 0.3) is 0 Å². The summed E-state index contributed by atoms with van der Waals surface area (Å²) >= 11 is 0. The third-order valence-electron chi connectivity index (χ3n) is 4.75. The highest BCUT2D eigenvalue weighted by Gasteiger charge is 2.46. The van der Waals surface area contributed by atoms with Gasteiger partial charge in [0.1, 0.15) is 0 Å². The van der Waals surface area contributed by atoms with Crippen molar-refractivity contribution in [1.82, 2.24) is 9.80 Å². The Morgan fingerprint density at radius 3 is 2.68 bits per heavy atom. The molecule has 1 aliphatic heterocycles. The Hall–Kier alpha value is -1.84. The second kappa shape index (κ2) is 6.51. The average Bonchev–Trinajstić information content (AvgIpc) is 3.34. The van der Waals surface area contributed by atoms with Gasteiger partial charge in [-0.05, 0) is 24.3 Å². The van der Waals surface area contributed by atoms with Crippen LogP contribution in [0.3, 0.4) is 0 Å². The molecule has 1 aromatic carbocycles. The second-order valence-corrected chi connectivity index (χ2v) is 6.35. The van der Waals surface area contributed by atoms with Crippen molar-refractivity contribution in [2.45, 2.75) is 32.1 Å². The van der Waals surface area contributed by atoms with Crippen LogP contribution in [0.2, 0.25) is 0 Å². The van der Waals surface area contributed by atoms with E-state index in [2.05, 4.69) is 19.1 Å². The van der Waals surface area contributed by atoms with Crippen LogP contribution in [0.4, 0.5) is 0 Å². The molecule has 1 aliphatic carbocycles. The van der Waals surface area contributed by atoms with Crippen LogP contribution in [-0.2, 0) is 9.59 Å². The smallest absolute Gasteiger partial charge is 0.242 e. The summed E-state index contributed by atoms with van der Waals surface area (Å²) in [5.74, 6) is 0.696. The highest BCUT2D eigenvalue weighted by atomic mass is 16.2. The maximum Gasteiger partial charge on any atom is 0.242 e. The summed E-state index contributed by atoms with van der Waals surface area (Å²) in [4.78, 5) is 28.4. The molecule has 0 spiro atoms. The Kier molecular flexibility index (Phi) is 4.46. The number of rotatable bonds is 5. The molecule has 4 heteroatoms. The van der Waals surface area contributed by atoms with Crippen LogP contribution < -0.4 is 0 Å². The summed E-state index contributed by atoms with van der Waals surface area (Å²) in [6.45, 7) is 4.59. The van der Waals surface area contributed by atoms with Crippen molar-refractivity contribution in [3.05, 3.63) is 35.9 Å². The molecule has 118 valence electrons. The van der Waals surface area contributed by atoms with Gasteiger partial charge in [0.2, 0.25) is 11.8 Å². The molecule has 0 N–H and O–H groups in total. The van der Waals surface area contributed by atoms with E-state index >= 15 is 0 Å². The van der Waals surface area contributed by atoms with Crippen LogP contribution in [0, 0.1) is 5.92 Å². The number of hydrogen-bond donors (Lipinski definition) is 0. The number of amides is 2. The topological polar surface area (TPSA) is 40.6 Å². The summed E-state index contributed by atoms with van der Waals surface area (Å²) in [6.07, 6.45) is 3.05. The predicted octanol–water partition coefficient (Wildman–Crippen LogP) is 2.26. The molecule has 2 atom stereocenters. The lowest BCUT2D eigenvalue weighted by molar-refractivity contribution is -0.146. The Morgan fingerprint density at radius 1 is 1.23 bits per heavy atom. The van der Waals surface area contributed by atoms with Crippen molar-refractivity contribution in [3.63, 3.8) is 0 Å². The molecule has 22 heavy (non-hydrogen) atoms. The highest BCUT2D eigenvalue weighted by Crippen LogP contribution is 2.48. The van der Waals surface area contributed by atoms with E-state index in [1.54, 1.807) is 4.90 Å². The molecule has 0 bridgehead atoms. The first kappa shape index (κ1) is 15.1. The van der Waals surface area contributed by atoms with E-state index in [-0.39, 0.29) is 24.3 Å². The van der Waals surface area contributed by atoms with Gasteiger partial charge < -0.3 is 9.80 Å². The molecule has 1 aromatic rings. The molecule has 1 heterocycles. The molecular formula is C18H24N2O2. The molecule has 2 aliphatic rings. The van der Waals surface area contributed by atoms with E-state index in [1.807, 2.05) is 23.1 Å². The van der Waals surface area contributed by atoms with Gasteiger partial charge in [-0.2, -0.15) is 0 Å². The van der Waals surface area contributed by atoms with Crippen molar-refractivity contribution in [1.29, 1.82) is 0 Å². The number of hydrogen-bond acceptors (Lipinski definition) is 2. The lowest BCUT2D eigenvalue weighted by Gasteiger charge is -2.34. The third-order valence-corrected chi connectivity index (χ3v) is 4.75. The number of benzene rings is 1. The fraction of sp³-hybridized carbons (Fsp3) is 0.556. The Morgan fingerprint density at radius 2 is 2.00 bits per heavy atom. The number of nitrogens with zero attached hydrogens (tertiary/aromatic N) is 2. The van der Waals surface area contributed by atoms with Gasteiger partial charge in [0, 0.05) is 25.6 Å². The SMILES string of the molecule is CCCCN1CCN(C(=O)[C@@H]2C[C@H]2c2ccccc2)CC1=O. The van der Waals surface area contributed by atoms with Crippen LogP contribution in [-0.4, -0.2) is 47.8 Å². The zero-order chi connectivity index (χ0) is 15.5. The number of carbonyl (C=O) groups is 2. The maximum atomic E-state index is 12.6. The van der Waals surface area contributed by atoms with Crippen LogP contribution in [0.15, 0.2) is 30.3 Å². The summed E-state index contributed by atoms with van der Waals surface area (Å²) in [5, 5.41) is 0. The Bertz CT molecular complexity index is 543. The van der Waals surface area contributed by atoms with E-state index in [9.17, 15) is 9.59 Å². The summed E-state index contributed by atoms with van der Waals surface area (Å²) < 4.78 is 0. The minimum atomic E-state index is 0.0809.